The highest BCUT2D eigenvalue weighted by Gasteiger charge is 2.56. The number of halogens is 2. The fraction of sp³-hybridized carbons (Fsp3) is 0.562. The number of aliphatic hydroxyl groups excluding tert-OH is 1. The number of carbonyl (C=O) groups is 1. The van der Waals surface area contributed by atoms with Crippen LogP contribution < -0.4 is 10.1 Å². The van der Waals surface area contributed by atoms with Crippen molar-refractivity contribution in [2.24, 2.45) is 5.92 Å². The van der Waals surface area contributed by atoms with E-state index >= 15 is 0 Å². The number of carbonyl (C=O) groups excluding carboxylic acids is 1. The molecule has 22 heavy (non-hydrogen) atoms. The number of anilines is 1. The van der Waals surface area contributed by atoms with E-state index in [0.29, 0.717) is 17.9 Å². The minimum atomic E-state index is -0.912. The van der Waals surface area contributed by atoms with Crippen LogP contribution in [-0.2, 0) is 4.79 Å². The predicted octanol–water partition coefficient (Wildman–Crippen LogP) is 3.50. The van der Waals surface area contributed by atoms with E-state index in [0.717, 1.165) is 25.7 Å². The second-order valence-corrected chi connectivity index (χ2v) is 7.58. The van der Waals surface area contributed by atoms with Crippen LogP contribution in [0.4, 0.5) is 5.69 Å². The van der Waals surface area contributed by atoms with Crippen molar-refractivity contribution in [1.29, 1.82) is 0 Å². The molecule has 0 aromatic heterocycles. The summed E-state index contributed by atoms with van der Waals surface area (Å²) >= 11 is 11.8. The molecular weight excluding hydrogens is 325 g/mol. The van der Waals surface area contributed by atoms with Gasteiger partial charge in [-0.3, -0.25) is 4.79 Å². The summed E-state index contributed by atoms with van der Waals surface area (Å²) in [5.74, 6) is 0.185. The Labute approximate surface area is 139 Å². The molecule has 2 aliphatic carbocycles. The van der Waals surface area contributed by atoms with E-state index in [9.17, 15) is 9.90 Å². The highest BCUT2D eigenvalue weighted by atomic mass is 35.5. The van der Waals surface area contributed by atoms with Gasteiger partial charge in [0, 0.05) is 5.69 Å². The molecule has 3 unspecified atom stereocenters. The van der Waals surface area contributed by atoms with Gasteiger partial charge < -0.3 is 15.2 Å². The third-order valence-corrected chi connectivity index (χ3v) is 5.05. The van der Waals surface area contributed by atoms with Crippen molar-refractivity contribution in [3.63, 3.8) is 0 Å². The zero-order valence-corrected chi connectivity index (χ0v) is 13.6. The number of nitrogens with one attached hydrogen (secondary N) is 1. The van der Waals surface area contributed by atoms with Gasteiger partial charge in [0.15, 0.2) is 0 Å². The molecular formula is C16H19Cl2NO3. The maximum Gasteiger partial charge on any atom is 0.230 e. The van der Waals surface area contributed by atoms with Crippen LogP contribution in [0.15, 0.2) is 24.3 Å². The highest BCUT2D eigenvalue weighted by molar-refractivity contribution is 6.52. The summed E-state index contributed by atoms with van der Waals surface area (Å²) in [6, 6.07) is 7.13. The first-order chi connectivity index (χ1) is 10.5. The van der Waals surface area contributed by atoms with Gasteiger partial charge in [0.05, 0.1) is 12.0 Å². The largest absolute Gasteiger partial charge is 0.488 e. The topological polar surface area (TPSA) is 58.6 Å². The lowest BCUT2D eigenvalue weighted by molar-refractivity contribution is -0.117. The molecule has 3 atom stereocenters. The van der Waals surface area contributed by atoms with Gasteiger partial charge in [-0.1, -0.05) is 6.42 Å². The average molecular weight is 344 g/mol. The molecule has 0 saturated heterocycles. The van der Waals surface area contributed by atoms with Gasteiger partial charge in [-0.2, -0.15) is 0 Å². The molecule has 0 spiro atoms. The summed E-state index contributed by atoms with van der Waals surface area (Å²) in [5, 5.41) is 12.7. The number of aliphatic hydroxyl groups is 1. The first-order valence-electron chi connectivity index (χ1n) is 7.59. The van der Waals surface area contributed by atoms with Crippen LogP contribution in [0.2, 0.25) is 0 Å². The van der Waals surface area contributed by atoms with Crippen LogP contribution in [0.25, 0.3) is 0 Å². The molecule has 0 radical (unpaired) electrons. The number of alkyl halides is 2. The molecule has 1 aromatic carbocycles. The molecule has 1 amide bonds. The molecule has 0 aliphatic heterocycles. The van der Waals surface area contributed by atoms with Gasteiger partial charge in [0.1, 0.15) is 16.2 Å². The van der Waals surface area contributed by atoms with E-state index in [1.54, 1.807) is 24.3 Å². The maximum atomic E-state index is 11.9. The second kappa shape index (κ2) is 6.26. The van der Waals surface area contributed by atoms with Crippen LogP contribution in [0.1, 0.15) is 32.1 Å². The molecule has 0 heterocycles. The monoisotopic (exact) mass is 343 g/mol. The van der Waals surface area contributed by atoms with Crippen LogP contribution in [0.5, 0.6) is 5.75 Å². The zero-order valence-electron chi connectivity index (χ0n) is 12.1. The fourth-order valence-corrected chi connectivity index (χ4v) is 3.24. The Morgan fingerprint density at radius 3 is 2.45 bits per heavy atom. The number of benzene rings is 1. The maximum absolute atomic E-state index is 11.9. The van der Waals surface area contributed by atoms with Crippen molar-refractivity contribution in [3.05, 3.63) is 24.3 Å². The van der Waals surface area contributed by atoms with Gasteiger partial charge in [-0.05, 0) is 49.9 Å². The lowest BCUT2D eigenvalue weighted by atomic mass is 9.95. The summed E-state index contributed by atoms with van der Waals surface area (Å²) in [4.78, 5) is 11.9. The highest BCUT2D eigenvalue weighted by Crippen LogP contribution is 2.53. The Morgan fingerprint density at radius 2 is 1.86 bits per heavy atom. The Kier molecular flexibility index (Phi) is 4.53. The smallest absolute Gasteiger partial charge is 0.230 e. The van der Waals surface area contributed by atoms with E-state index in [-0.39, 0.29) is 17.9 Å². The van der Waals surface area contributed by atoms with E-state index in [2.05, 4.69) is 5.32 Å². The van der Waals surface area contributed by atoms with Gasteiger partial charge >= 0.3 is 0 Å². The van der Waals surface area contributed by atoms with E-state index < -0.39 is 10.4 Å². The first-order valence-corrected chi connectivity index (χ1v) is 8.35. The number of hydrogen-bond donors (Lipinski definition) is 2. The quantitative estimate of drug-likeness (QED) is 0.822. The van der Waals surface area contributed by atoms with Crippen LogP contribution >= 0.6 is 23.2 Å². The standard InChI is InChI=1S/C16H19Cl2NO3/c17-16(18)9-12(16)15(21)19-10-5-7-11(8-6-10)22-14-4-2-1-3-13(14)20/h5-8,12-14,20H,1-4,9H2,(H,19,21). The van der Waals surface area contributed by atoms with Crippen molar-refractivity contribution in [2.45, 2.75) is 48.6 Å². The summed E-state index contributed by atoms with van der Waals surface area (Å²) in [6.07, 6.45) is 3.74. The van der Waals surface area contributed by atoms with Gasteiger partial charge in [0.2, 0.25) is 5.91 Å². The number of ether oxygens (including phenoxy) is 1. The van der Waals surface area contributed by atoms with Gasteiger partial charge in [-0.25, -0.2) is 0 Å². The molecule has 4 nitrogen and oxygen atoms in total. The molecule has 0 bridgehead atoms. The zero-order chi connectivity index (χ0) is 15.7. The Bertz CT molecular complexity index is 547. The minimum absolute atomic E-state index is 0.145. The van der Waals surface area contributed by atoms with Crippen molar-refractivity contribution in [1.82, 2.24) is 0 Å². The van der Waals surface area contributed by atoms with Crippen molar-refractivity contribution in [2.75, 3.05) is 5.32 Å². The second-order valence-electron chi connectivity index (χ2n) is 6.04. The number of rotatable bonds is 4. The predicted molar refractivity (Wildman–Crippen MR) is 86.5 cm³/mol. The average Bonchev–Trinajstić information content (AvgIpc) is 3.12. The number of hydrogen-bond acceptors (Lipinski definition) is 3. The summed E-state index contributed by atoms with van der Waals surface area (Å²) < 4.78 is 4.90. The summed E-state index contributed by atoms with van der Waals surface area (Å²) in [6.45, 7) is 0. The van der Waals surface area contributed by atoms with Crippen LogP contribution in [0, 0.1) is 5.92 Å². The molecule has 2 saturated carbocycles. The van der Waals surface area contributed by atoms with E-state index in [1.807, 2.05) is 0 Å². The van der Waals surface area contributed by atoms with Crippen molar-refractivity contribution < 1.29 is 14.6 Å². The van der Waals surface area contributed by atoms with Gasteiger partial charge in [0.25, 0.3) is 0 Å². The molecule has 2 fully saturated rings. The van der Waals surface area contributed by atoms with Crippen LogP contribution in [0.3, 0.4) is 0 Å². The van der Waals surface area contributed by atoms with Crippen molar-refractivity contribution in [3.8, 4) is 5.75 Å². The Hall–Kier alpha value is -0.970. The molecule has 6 heteroatoms. The summed E-state index contributed by atoms with van der Waals surface area (Å²) in [7, 11) is 0. The third kappa shape index (κ3) is 3.67. The fourth-order valence-electron chi connectivity index (χ4n) is 2.73. The normalized spacial score (nSPS) is 29.7. The van der Waals surface area contributed by atoms with Crippen LogP contribution in [-0.4, -0.2) is 27.6 Å². The molecule has 3 rings (SSSR count). The number of amides is 1. The molecule has 120 valence electrons. The SMILES string of the molecule is O=C(Nc1ccc(OC2CCCCC2O)cc1)C1CC1(Cl)Cl. The minimum Gasteiger partial charge on any atom is -0.488 e. The lowest BCUT2D eigenvalue weighted by Crippen LogP contribution is -2.34. The van der Waals surface area contributed by atoms with E-state index in [4.69, 9.17) is 27.9 Å². The Balaban J connectivity index is 1.55. The lowest BCUT2D eigenvalue weighted by Gasteiger charge is -2.28. The molecule has 2 N–H and O–H groups in total. The third-order valence-electron chi connectivity index (χ3n) is 4.22. The molecule has 1 aromatic rings. The van der Waals surface area contributed by atoms with E-state index in [1.165, 1.54) is 0 Å². The summed E-state index contributed by atoms with van der Waals surface area (Å²) in [5.41, 5.74) is 0.678. The Morgan fingerprint density at radius 1 is 1.23 bits per heavy atom. The molecule has 2 aliphatic rings. The van der Waals surface area contributed by atoms with Crippen molar-refractivity contribution >= 4 is 34.8 Å². The van der Waals surface area contributed by atoms with Gasteiger partial charge in [-0.15, -0.1) is 23.2 Å². The first kappa shape index (κ1) is 15.9.